The molecule has 0 heterocycles. The molecule has 0 amide bonds. The summed E-state index contributed by atoms with van der Waals surface area (Å²) in [5, 5.41) is 0. The van der Waals surface area contributed by atoms with E-state index in [9.17, 15) is 4.79 Å². The zero-order chi connectivity index (χ0) is 7.98. The van der Waals surface area contributed by atoms with E-state index in [0.29, 0.717) is 5.71 Å². The SMILES string of the molecule is CC/C=C\C(=NC)C(C)=O. The molecule has 0 spiro atoms. The Morgan fingerprint density at radius 1 is 1.60 bits per heavy atom. The average Bonchev–Trinajstić information content (AvgIpc) is 1.89. The highest BCUT2D eigenvalue weighted by atomic mass is 16.1. The van der Waals surface area contributed by atoms with Gasteiger partial charge in [0.15, 0.2) is 5.78 Å². The molecule has 0 aliphatic heterocycles. The van der Waals surface area contributed by atoms with E-state index in [1.807, 2.05) is 13.0 Å². The summed E-state index contributed by atoms with van der Waals surface area (Å²) in [6.07, 6.45) is 4.61. The van der Waals surface area contributed by atoms with Crippen LogP contribution in [0.1, 0.15) is 20.3 Å². The highest BCUT2D eigenvalue weighted by molar-refractivity contribution is 6.43. The molecule has 2 heteroatoms. The topological polar surface area (TPSA) is 29.4 Å². The van der Waals surface area contributed by atoms with Gasteiger partial charge in [0.2, 0.25) is 0 Å². The Bertz CT molecular complexity index is 168. The van der Waals surface area contributed by atoms with Crippen molar-refractivity contribution >= 4 is 11.5 Å². The zero-order valence-electron chi connectivity index (χ0n) is 6.72. The van der Waals surface area contributed by atoms with E-state index in [2.05, 4.69) is 4.99 Å². The molecule has 0 aromatic carbocycles. The van der Waals surface area contributed by atoms with Gasteiger partial charge in [0, 0.05) is 14.0 Å². The van der Waals surface area contributed by atoms with Gasteiger partial charge in [0.25, 0.3) is 0 Å². The summed E-state index contributed by atoms with van der Waals surface area (Å²) < 4.78 is 0. The van der Waals surface area contributed by atoms with Crippen molar-refractivity contribution in [3.8, 4) is 0 Å². The standard InChI is InChI=1S/C8H13NO/c1-4-5-6-8(9-3)7(2)10/h5-6H,4H2,1-3H3/b6-5-,9-8?. The maximum atomic E-state index is 10.7. The fraction of sp³-hybridized carbons (Fsp3) is 0.500. The zero-order valence-corrected chi connectivity index (χ0v) is 6.72. The molecule has 0 atom stereocenters. The van der Waals surface area contributed by atoms with Crippen LogP contribution in [-0.2, 0) is 4.79 Å². The van der Waals surface area contributed by atoms with Crippen LogP contribution in [-0.4, -0.2) is 18.5 Å². The first-order valence-corrected chi connectivity index (χ1v) is 3.36. The first-order chi connectivity index (χ1) is 4.72. The molecule has 0 aromatic rings. The van der Waals surface area contributed by atoms with Gasteiger partial charge in [0.1, 0.15) is 0 Å². The maximum absolute atomic E-state index is 10.7. The number of carbonyl (C=O) groups excluding carboxylic acids is 1. The molecule has 0 aromatic heterocycles. The smallest absolute Gasteiger partial charge is 0.177 e. The van der Waals surface area contributed by atoms with Gasteiger partial charge in [-0.25, -0.2) is 0 Å². The van der Waals surface area contributed by atoms with Crippen molar-refractivity contribution in [1.82, 2.24) is 0 Å². The van der Waals surface area contributed by atoms with Crippen LogP contribution >= 0.6 is 0 Å². The molecule has 10 heavy (non-hydrogen) atoms. The predicted octanol–water partition coefficient (Wildman–Crippen LogP) is 1.61. The Hall–Kier alpha value is -0.920. The van der Waals surface area contributed by atoms with E-state index in [0.717, 1.165) is 6.42 Å². The number of nitrogens with zero attached hydrogens (tertiary/aromatic N) is 1. The van der Waals surface area contributed by atoms with Crippen LogP contribution in [0.5, 0.6) is 0 Å². The van der Waals surface area contributed by atoms with E-state index < -0.39 is 0 Å². The summed E-state index contributed by atoms with van der Waals surface area (Å²) >= 11 is 0. The average molecular weight is 139 g/mol. The summed E-state index contributed by atoms with van der Waals surface area (Å²) in [5.74, 6) is 0.0206. The van der Waals surface area contributed by atoms with Gasteiger partial charge in [-0.05, 0) is 12.5 Å². The third kappa shape index (κ3) is 3.17. The van der Waals surface area contributed by atoms with E-state index >= 15 is 0 Å². The van der Waals surface area contributed by atoms with Gasteiger partial charge in [-0.1, -0.05) is 13.0 Å². The molecule has 56 valence electrons. The van der Waals surface area contributed by atoms with Crippen molar-refractivity contribution in [2.24, 2.45) is 4.99 Å². The normalized spacial score (nSPS) is 12.5. The molecule has 0 saturated carbocycles. The molecule has 0 unspecified atom stereocenters. The third-order valence-corrected chi connectivity index (χ3v) is 1.11. The van der Waals surface area contributed by atoms with Gasteiger partial charge in [-0.3, -0.25) is 9.79 Å². The van der Waals surface area contributed by atoms with Crippen LogP contribution in [0.2, 0.25) is 0 Å². The van der Waals surface area contributed by atoms with E-state index in [1.165, 1.54) is 6.92 Å². The molecule has 0 aliphatic carbocycles. The minimum absolute atomic E-state index is 0.0206. The molecule has 0 rings (SSSR count). The summed E-state index contributed by atoms with van der Waals surface area (Å²) in [6.45, 7) is 3.53. The molecular weight excluding hydrogens is 126 g/mol. The lowest BCUT2D eigenvalue weighted by Crippen LogP contribution is -2.05. The van der Waals surface area contributed by atoms with Crippen molar-refractivity contribution in [2.45, 2.75) is 20.3 Å². The number of rotatable bonds is 3. The van der Waals surface area contributed by atoms with E-state index in [-0.39, 0.29) is 5.78 Å². The van der Waals surface area contributed by atoms with Crippen molar-refractivity contribution in [2.75, 3.05) is 7.05 Å². The lowest BCUT2D eigenvalue weighted by atomic mass is 10.2. The Labute approximate surface area is 61.7 Å². The monoisotopic (exact) mass is 139 g/mol. The molecule has 0 saturated heterocycles. The third-order valence-electron chi connectivity index (χ3n) is 1.11. The number of hydrogen-bond acceptors (Lipinski definition) is 2. The summed E-state index contributed by atoms with van der Waals surface area (Å²) in [5.41, 5.74) is 0.543. The molecular formula is C8H13NO. The number of ketones is 1. The highest BCUT2D eigenvalue weighted by Gasteiger charge is 1.96. The molecule has 2 nitrogen and oxygen atoms in total. The fourth-order valence-electron chi connectivity index (χ4n) is 0.579. The highest BCUT2D eigenvalue weighted by Crippen LogP contribution is 1.86. The second-order valence-corrected chi connectivity index (χ2v) is 1.98. The van der Waals surface area contributed by atoms with Crippen molar-refractivity contribution < 1.29 is 4.79 Å². The Morgan fingerprint density at radius 2 is 2.20 bits per heavy atom. The molecule has 0 fully saturated rings. The number of aliphatic imine (C=N–C) groups is 1. The maximum Gasteiger partial charge on any atom is 0.177 e. The van der Waals surface area contributed by atoms with Crippen LogP contribution < -0.4 is 0 Å². The Morgan fingerprint density at radius 3 is 2.50 bits per heavy atom. The van der Waals surface area contributed by atoms with Crippen LogP contribution in [0.15, 0.2) is 17.1 Å². The number of carbonyl (C=O) groups is 1. The lowest BCUT2D eigenvalue weighted by Gasteiger charge is -1.89. The van der Waals surface area contributed by atoms with Crippen molar-refractivity contribution in [1.29, 1.82) is 0 Å². The second kappa shape index (κ2) is 4.91. The summed E-state index contributed by atoms with van der Waals surface area (Å²) in [7, 11) is 1.62. The van der Waals surface area contributed by atoms with Crippen molar-refractivity contribution in [3.05, 3.63) is 12.2 Å². The van der Waals surface area contributed by atoms with Gasteiger partial charge in [-0.2, -0.15) is 0 Å². The first-order valence-electron chi connectivity index (χ1n) is 3.36. The van der Waals surface area contributed by atoms with E-state index in [1.54, 1.807) is 13.1 Å². The van der Waals surface area contributed by atoms with Crippen LogP contribution in [0.3, 0.4) is 0 Å². The number of hydrogen-bond donors (Lipinski definition) is 0. The molecule has 0 aliphatic rings. The van der Waals surface area contributed by atoms with Crippen LogP contribution in [0.4, 0.5) is 0 Å². The number of Topliss-reactive ketones (excluding diaryl/α,β-unsaturated/α-hetero) is 1. The quantitative estimate of drug-likeness (QED) is 0.546. The van der Waals surface area contributed by atoms with Crippen LogP contribution in [0, 0.1) is 0 Å². The Kier molecular flexibility index (Phi) is 4.46. The lowest BCUT2D eigenvalue weighted by molar-refractivity contribution is -0.111. The minimum Gasteiger partial charge on any atom is -0.293 e. The van der Waals surface area contributed by atoms with Gasteiger partial charge >= 0.3 is 0 Å². The largest absolute Gasteiger partial charge is 0.293 e. The first kappa shape index (κ1) is 9.08. The van der Waals surface area contributed by atoms with Crippen molar-refractivity contribution in [3.63, 3.8) is 0 Å². The van der Waals surface area contributed by atoms with Crippen LogP contribution in [0.25, 0.3) is 0 Å². The van der Waals surface area contributed by atoms with Gasteiger partial charge < -0.3 is 0 Å². The van der Waals surface area contributed by atoms with Gasteiger partial charge in [0.05, 0.1) is 5.71 Å². The minimum atomic E-state index is 0.0206. The second-order valence-electron chi connectivity index (χ2n) is 1.98. The summed E-state index contributed by atoms with van der Waals surface area (Å²) in [6, 6.07) is 0. The predicted molar refractivity (Wildman–Crippen MR) is 43.5 cm³/mol. The molecule has 0 bridgehead atoms. The Balaban J connectivity index is 4.12. The van der Waals surface area contributed by atoms with E-state index in [4.69, 9.17) is 0 Å². The molecule has 0 N–H and O–H groups in total. The summed E-state index contributed by atoms with van der Waals surface area (Å²) in [4.78, 5) is 14.5. The fourth-order valence-corrected chi connectivity index (χ4v) is 0.579. The number of allylic oxidation sites excluding steroid dienone is 2. The molecule has 0 radical (unpaired) electrons. The van der Waals surface area contributed by atoms with Gasteiger partial charge in [-0.15, -0.1) is 0 Å².